The number of aliphatic carboxylic acids is 1. The molecule has 0 amide bonds. The molecule has 0 aromatic carbocycles. The van der Waals surface area contributed by atoms with Crippen LogP contribution in [0.4, 0.5) is 0 Å². The van der Waals surface area contributed by atoms with Crippen molar-refractivity contribution in [1.29, 1.82) is 0 Å². The van der Waals surface area contributed by atoms with Crippen molar-refractivity contribution in [3.05, 3.63) is 0 Å². The summed E-state index contributed by atoms with van der Waals surface area (Å²) in [6.45, 7) is 1.08. The van der Waals surface area contributed by atoms with Gasteiger partial charge in [-0.05, 0) is 0 Å². The van der Waals surface area contributed by atoms with Crippen molar-refractivity contribution in [2.75, 3.05) is 0 Å². The van der Waals surface area contributed by atoms with E-state index in [4.69, 9.17) is 9.90 Å². The van der Waals surface area contributed by atoms with E-state index in [1.807, 2.05) is 0 Å². The second-order valence-electron chi connectivity index (χ2n) is 0.519. The van der Waals surface area contributed by atoms with Crippen LogP contribution in [0, 0.1) is 0 Å². The molecular weight excluding hydrogens is 160 g/mol. The smallest absolute Gasteiger partial charge is 1.00 e. The molecule has 0 aliphatic carbocycles. The molecule has 0 aliphatic heterocycles. The number of carboxylic acid groups (broad SMARTS) is 1. The molecule has 0 rings (SSSR count). The Balaban J connectivity index is -0.00000000750. The van der Waals surface area contributed by atoms with Crippen LogP contribution in [-0.4, -0.2) is 62.0 Å². The van der Waals surface area contributed by atoms with E-state index in [1.165, 1.54) is 0 Å². The number of hydrogen-bond acceptors (Lipinski definition) is 1. The van der Waals surface area contributed by atoms with Gasteiger partial charge in [0.1, 0.15) is 0 Å². The minimum atomic E-state index is -0.833. The van der Waals surface area contributed by atoms with Crippen LogP contribution in [0.5, 0.6) is 0 Å². The topological polar surface area (TPSA) is 68.8 Å². The fourth-order valence-corrected chi connectivity index (χ4v) is 0. The van der Waals surface area contributed by atoms with Crippen molar-refractivity contribution >= 4 is 51.5 Å². The average Bonchev–Trinajstić information content (AvgIpc) is 0.811. The van der Waals surface area contributed by atoms with Crippen LogP contribution >= 0.6 is 0 Å². The van der Waals surface area contributed by atoms with Crippen molar-refractivity contribution in [2.45, 2.75) is 6.92 Å². The van der Waals surface area contributed by atoms with Gasteiger partial charge in [-0.1, -0.05) is 0 Å². The third-order valence-corrected chi connectivity index (χ3v) is 0. The van der Waals surface area contributed by atoms with Crippen LogP contribution in [0.2, 0.25) is 0 Å². The molecule has 0 bridgehead atoms. The molecule has 6 heavy (non-hydrogen) atoms. The van der Waals surface area contributed by atoms with Crippen molar-refractivity contribution < 1.29 is 18.2 Å². The second kappa shape index (κ2) is 9.32. The summed E-state index contributed by atoms with van der Waals surface area (Å²) in [4.78, 5) is 9.00. The summed E-state index contributed by atoms with van der Waals surface area (Å²) in [7, 11) is 0. The summed E-state index contributed by atoms with van der Waals surface area (Å²) < 4.78 is 0. The summed E-state index contributed by atoms with van der Waals surface area (Å²) in [6, 6.07) is 0. The maximum atomic E-state index is 9.00. The Labute approximate surface area is 75.9 Å². The summed E-state index contributed by atoms with van der Waals surface area (Å²) >= 11 is 0. The first kappa shape index (κ1) is 15.8. The van der Waals surface area contributed by atoms with Crippen LogP contribution in [0.25, 0.3) is 0 Å². The molecule has 0 spiro atoms. The van der Waals surface area contributed by atoms with E-state index in [9.17, 15) is 0 Å². The largest absolute Gasteiger partial charge is 2.00 e. The van der Waals surface area contributed by atoms with Crippen LogP contribution in [-0.2, 0) is 4.79 Å². The molecule has 0 aromatic rings. The third-order valence-electron chi connectivity index (χ3n) is 0. The van der Waals surface area contributed by atoms with Gasteiger partial charge in [-0.2, -0.15) is 0 Å². The molecule has 0 atom stereocenters. The Hall–Kier alpha value is 0.911. The molecule has 4 heteroatoms. The number of hydrogen-bond donors (Lipinski definition) is 1. The van der Waals surface area contributed by atoms with Gasteiger partial charge in [0.15, 0.2) is 0 Å². The van der Waals surface area contributed by atoms with E-state index in [0.717, 1.165) is 6.92 Å². The van der Waals surface area contributed by atoms with Crippen LogP contribution in [0.15, 0.2) is 0 Å². The molecule has 0 saturated carbocycles. The van der Waals surface area contributed by atoms with E-state index in [-0.39, 0.29) is 53.8 Å². The van der Waals surface area contributed by atoms with Crippen molar-refractivity contribution in [3.63, 3.8) is 0 Å². The number of carboxylic acids is 1. The molecule has 0 saturated heterocycles. The van der Waals surface area contributed by atoms with Gasteiger partial charge in [0, 0.05) is 6.92 Å². The molecule has 0 fully saturated rings. The van der Waals surface area contributed by atoms with E-state index < -0.39 is 5.97 Å². The Morgan fingerprint density at radius 3 is 1.83 bits per heavy atom. The zero-order chi connectivity index (χ0) is 3.58. The summed E-state index contributed by atoms with van der Waals surface area (Å²) in [5, 5.41) is 7.42. The van der Waals surface area contributed by atoms with Gasteiger partial charge in [-0.25, -0.2) is 0 Å². The Morgan fingerprint density at radius 2 is 1.83 bits per heavy atom. The standard InChI is InChI=1S/C2H4O2.H2O.Sr.2H/c1-2(3)4;;;;/h1H3,(H,3,4);1H2;;;/q;;+2;2*-1. The third kappa shape index (κ3) is 90.6. The molecule has 3 N–H and O–H groups in total. The monoisotopic (exact) mass is 168 g/mol. The molecular formula is C2H8O3Sr. The van der Waals surface area contributed by atoms with E-state index in [0.29, 0.717) is 0 Å². The molecule has 0 unspecified atom stereocenters. The van der Waals surface area contributed by atoms with Gasteiger partial charge in [0.25, 0.3) is 5.97 Å². The SMILES string of the molecule is CC(=O)O.O.[H-].[H-].[Sr+2]. The van der Waals surface area contributed by atoms with Crippen LogP contribution < -0.4 is 0 Å². The van der Waals surface area contributed by atoms with Gasteiger partial charge in [-0.15, -0.1) is 0 Å². The summed E-state index contributed by atoms with van der Waals surface area (Å²) in [5.74, 6) is -0.833. The zero-order valence-corrected chi connectivity index (χ0v) is 7.04. The van der Waals surface area contributed by atoms with E-state index >= 15 is 0 Å². The average molecular weight is 168 g/mol. The first-order chi connectivity index (χ1) is 1.73. The van der Waals surface area contributed by atoms with Crippen molar-refractivity contribution in [2.24, 2.45) is 0 Å². The van der Waals surface area contributed by atoms with E-state index in [1.54, 1.807) is 0 Å². The Bertz CT molecular complexity index is 38.3. The first-order valence-electron chi connectivity index (χ1n) is 0.928. The van der Waals surface area contributed by atoms with Gasteiger partial charge in [-0.3, -0.25) is 4.79 Å². The molecule has 0 radical (unpaired) electrons. The number of carbonyl (C=O) groups is 1. The van der Waals surface area contributed by atoms with Crippen molar-refractivity contribution in [1.82, 2.24) is 0 Å². The molecule has 0 heterocycles. The number of rotatable bonds is 0. The molecule has 36 valence electrons. The summed E-state index contributed by atoms with van der Waals surface area (Å²) in [5.41, 5.74) is 0. The fourth-order valence-electron chi connectivity index (χ4n) is 0. The normalized spacial score (nSPS) is 4.17. The predicted molar refractivity (Wildman–Crippen MR) is 24.9 cm³/mol. The quantitative estimate of drug-likeness (QED) is 0.476. The Kier molecular flexibility index (Phi) is 24.5. The second-order valence-corrected chi connectivity index (χ2v) is 0.519. The van der Waals surface area contributed by atoms with Crippen LogP contribution in [0.3, 0.4) is 0 Å². The maximum absolute atomic E-state index is 9.00. The minimum Gasteiger partial charge on any atom is -1.00 e. The zero-order valence-electron chi connectivity index (χ0n) is 5.56. The summed E-state index contributed by atoms with van der Waals surface area (Å²) in [6.07, 6.45) is 0. The van der Waals surface area contributed by atoms with Gasteiger partial charge >= 0.3 is 45.5 Å². The minimum absolute atomic E-state index is 0. The fraction of sp³-hybridized carbons (Fsp3) is 0.500. The van der Waals surface area contributed by atoms with Gasteiger partial charge in [0.05, 0.1) is 0 Å². The predicted octanol–water partition coefficient (Wildman–Crippen LogP) is -0.890. The Morgan fingerprint density at radius 1 is 1.83 bits per heavy atom. The first-order valence-corrected chi connectivity index (χ1v) is 0.928. The maximum Gasteiger partial charge on any atom is 2.00 e. The molecule has 3 nitrogen and oxygen atoms in total. The molecule has 0 aliphatic rings. The van der Waals surface area contributed by atoms with Gasteiger partial charge in [0.2, 0.25) is 0 Å². The molecule has 0 aromatic heterocycles. The van der Waals surface area contributed by atoms with Crippen molar-refractivity contribution in [3.8, 4) is 0 Å². The van der Waals surface area contributed by atoms with E-state index in [2.05, 4.69) is 0 Å². The van der Waals surface area contributed by atoms with Crippen LogP contribution in [0.1, 0.15) is 9.78 Å². The van der Waals surface area contributed by atoms with Gasteiger partial charge < -0.3 is 13.4 Å².